The first-order valence-corrected chi connectivity index (χ1v) is 0. The Morgan fingerprint density at radius 2 is 1.00 bits per heavy atom. The van der Waals surface area contributed by atoms with E-state index in [4.69, 9.17) is 0 Å². The molecule has 0 N–H and O–H groups in total. The van der Waals surface area contributed by atoms with Gasteiger partial charge in [0.1, 0.15) is 0 Å². The Bertz CT molecular complexity index is 28.5. The summed E-state index contributed by atoms with van der Waals surface area (Å²) in [5.74, 6) is 0. The third-order valence-corrected chi connectivity index (χ3v) is 0. The van der Waals surface area contributed by atoms with E-state index in [9.17, 15) is 0 Å². The van der Waals surface area contributed by atoms with Crippen molar-refractivity contribution in [3.8, 4) is 0 Å². The smallest absolute Gasteiger partial charge is 0 e. The van der Waals surface area contributed by atoms with Crippen molar-refractivity contribution in [1.82, 2.24) is 0 Å². The Hall–Kier alpha value is 4.79. The monoisotopic (exact) mass is 706 g/mol. The summed E-state index contributed by atoms with van der Waals surface area (Å²) in [6, 6.07) is 0. The molecule has 0 spiro atoms. The molecule has 9 heavy (non-hydrogen) atoms. The van der Waals surface area contributed by atoms with E-state index in [1.165, 1.54) is 0 Å². The van der Waals surface area contributed by atoms with E-state index in [1.54, 1.807) is 0 Å². The first-order valence-electron chi connectivity index (χ1n) is 0. The van der Waals surface area contributed by atoms with Crippen LogP contribution in [0.1, 0.15) is 0 Å². The predicted molar refractivity (Wildman–Crippen MR) is 27.0 cm³/mol. The fourth-order valence-electron chi connectivity index (χ4n) is 0. The third-order valence-electron chi connectivity index (χ3n) is 0. The van der Waals surface area contributed by atoms with Crippen molar-refractivity contribution in [2.45, 2.75) is 0 Å². The molecule has 0 aliphatic carbocycles. The minimum Gasteiger partial charge on any atom is -0.0149 e. The molecule has 6 radical (unpaired) electrons. The summed E-state index contributed by atoms with van der Waals surface area (Å²) >= 11 is 0. The van der Waals surface area contributed by atoms with E-state index < -0.39 is 0 Å². The van der Waals surface area contributed by atoms with Crippen molar-refractivity contribution in [1.29, 1.82) is 0 Å². The molecule has 0 aromatic rings. The van der Waals surface area contributed by atoms with Crippen LogP contribution in [-0.2, 0) is 115 Å². The van der Waals surface area contributed by atoms with Crippen molar-refractivity contribution in [3.63, 3.8) is 0 Å². The average Bonchev–Trinajstić information content (AvgIpc) is 0. The van der Waals surface area contributed by atoms with Crippen LogP contribution in [0.4, 0.5) is 0 Å². The van der Waals surface area contributed by atoms with Gasteiger partial charge in [0.15, 0.2) is 0 Å². The Morgan fingerprint density at radius 1 is 1.00 bits per heavy atom. The number of hydrogen-bond donors (Lipinski definition) is 0. The van der Waals surface area contributed by atoms with E-state index in [1.807, 2.05) is 0 Å². The van der Waals surface area contributed by atoms with Crippen molar-refractivity contribution < 1.29 is 115 Å². The Morgan fingerprint density at radius 3 is 1.00 bits per heavy atom. The van der Waals surface area contributed by atoms with E-state index >= 15 is 0 Å². The third kappa shape index (κ3) is 64.9. The molecule has 0 saturated carbocycles. The molecular weight excluding hydrogens is 702 g/mol. The van der Waals surface area contributed by atoms with Gasteiger partial charge >= 0.3 is 25.8 Å². The Labute approximate surface area is 157 Å². The fourth-order valence-corrected chi connectivity index (χ4v) is 0. The zero-order valence-corrected chi connectivity index (χ0v) is 12.5. The molecule has 70 valence electrons. The topological polar surface area (TPSA) is 0 Å². The maximum atomic E-state index is 0. The van der Waals surface area contributed by atoms with Crippen molar-refractivity contribution in [3.05, 3.63) is 0 Å². The second-order valence-electron chi connectivity index (χ2n) is 0. The second kappa shape index (κ2) is 77.5. The van der Waals surface area contributed by atoms with Gasteiger partial charge in [-0.2, -0.15) is 0 Å². The van der Waals surface area contributed by atoms with Crippen LogP contribution in [-0.4, -0.2) is 45.2 Å². The zero-order valence-electron chi connectivity index (χ0n) is 2.86. The maximum absolute atomic E-state index is 0. The first kappa shape index (κ1) is 98.3. The molecule has 0 nitrogen and oxygen atoms in total. The summed E-state index contributed by atoms with van der Waals surface area (Å²) in [4.78, 5) is 0. The van der Waals surface area contributed by atoms with E-state index in [0.717, 1.165) is 0 Å². The summed E-state index contributed by atoms with van der Waals surface area (Å²) in [6.45, 7) is 0. The van der Waals surface area contributed by atoms with Gasteiger partial charge in [0, 0.05) is 123 Å². The minimum atomic E-state index is 0. The van der Waals surface area contributed by atoms with Crippen molar-refractivity contribution >= 4 is 45.2 Å². The summed E-state index contributed by atoms with van der Waals surface area (Å²) in [5, 5.41) is 0. The quantitative estimate of drug-likeness (QED) is 0.235. The van der Waals surface area contributed by atoms with Crippen molar-refractivity contribution in [2.24, 2.45) is 0 Å². The van der Waals surface area contributed by atoms with Gasteiger partial charge in [0.05, 0.1) is 0 Å². The molecule has 9 heteroatoms. The van der Waals surface area contributed by atoms with E-state index in [2.05, 4.69) is 0 Å². The van der Waals surface area contributed by atoms with Crippen LogP contribution in [0.2, 0.25) is 0 Å². The molecule has 0 fully saturated rings. The number of rotatable bonds is 0. The van der Waals surface area contributed by atoms with Gasteiger partial charge in [-0.05, 0) is 11.0 Å². The first-order chi connectivity index (χ1) is 0. The van der Waals surface area contributed by atoms with Gasteiger partial charge in [0.25, 0.3) is 0 Å². The van der Waals surface area contributed by atoms with Crippen LogP contribution in [0.15, 0.2) is 0 Å². The Balaban J connectivity index is 0. The molecule has 0 amide bonds. The van der Waals surface area contributed by atoms with Gasteiger partial charge in [-0.1, -0.05) is 0 Å². The average molecular weight is 709 g/mol. The molecule has 0 bridgehead atoms. The molecule has 0 heterocycles. The van der Waals surface area contributed by atoms with Crippen LogP contribution in [0.5, 0.6) is 0 Å². The SMILES string of the molecule is [Ag].[Au].[B].[Cu].[Fe].[InH3].[Ni].[SiH4].[Zn]. The summed E-state index contributed by atoms with van der Waals surface area (Å²) < 4.78 is 0. The molecule has 0 aromatic heterocycles. The molecular formula is H7AgAuBCuFeInNiSiZn. The van der Waals surface area contributed by atoms with Crippen LogP contribution >= 0.6 is 0 Å². The van der Waals surface area contributed by atoms with Gasteiger partial charge in [0.2, 0.25) is 0 Å². The second-order valence-corrected chi connectivity index (χ2v) is 0. The van der Waals surface area contributed by atoms with Crippen LogP contribution < -0.4 is 0 Å². The Kier molecular flexibility index (Phi) is 847. The summed E-state index contributed by atoms with van der Waals surface area (Å²) in [6.07, 6.45) is 0. The van der Waals surface area contributed by atoms with Crippen LogP contribution in [0, 0.1) is 0 Å². The van der Waals surface area contributed by atoms with Crippen LogP contribution in [0.3, 0.4) is 0 Å². The molecule has 0 aliphatic heterocycles. The molecule has 0 saturated heterocycles. The van der Waals surface area contributed by atoms with Gasteiger partial charge < -0.3 is 0 Å². The zero-order chi connectivity index (χ0) is 0. The fraction of sp³-hybridized carbons (Fsp3) is 0. The van der Waals surface area contributed by atoms with Gasteiger partial charge in [-0.3, -0.25) is 0 Å². The molecule has 0 aromatic carbocycles. The standard InChI is InChI=1S/Ag.Au.B.Cu.Fe.In.Ni.H4Si.Zn.3H/h;;;;;;;1H4;;;;. The van der Waals surface area contributed by atoms with E-state index in [0.29, 0.717) is 0 Å². The summed E-state index contributed by atoms with van der Waals surface area (Å²) in [5.41, 5.74) is 0. The van der Waals surface area contributed by atoms with E-state index in [-0.39, 0.29) is 160 Å². The van der Waals surface area contributed by atoms with Gasteiger partial charge in [-0.15, -0.1) is 0 Å². The number of hydrogen-bond acceptors (Lipinski definition) is 0. The normalized spacial score (nSPS) is 0. The largest absolute Gasteiger partial charge is 0.0149 e. The summed E-state index contributed by atoms with van der Waals surface area (Å²) in [7, 11) is 0. The van der Waals surface area contributed by atoms with Crippen LogP contribution in [0.25, 0.3) is 0 Å². The minimum absolute atomic E-state index is 0. The molecule has 0 atom stereocenters. The molecule has 0 unspecified atom stereocenters. The maximum Gasteiger partial charge on any atom is 0 e. The predicted octanol–water partition coefficient (Wildman–Crippen LogP) is -3.03. The van der Waals surface area contributed by atoms with Gasteiger partial charge in [-0.25, -0.2) is 0 Å². The molecule has 0 aliphatic rings. The molecule has 0 rings (SSSR count). The van der Waals surface area contributed by atoms with Crippen molar-refractivity contribution in [2.75, 3.05) is 0 Å².